The van der Waals surface area contributed by atoms with Crippen molar-refractivity contribution < 1.29 is 28.5 Å². The Labute approximate surface area is 153 Å². The van der Waals surface area contributed by atoms with E-state index < -0.39 is 42.0 Å². The molecule has 0 aliphatic carbocycles. The number of carbonyl (C=O) groups excluding carboxylic acids is 2. The van der Waals surface area contributed by atoms with Gasteiger partial charge in [-0.05, 0) is 38.5 Å². The lowest BCUT2D eigenvalue weighted by Crippen LogP contribution is -2.41. The third-order valence-corrected chi connectivity index (χ3v) is 5.05. The lowest BCUT2D eigenvalue weighted by atomic mass is 9.83. The molecule has 0 spiro atoms. The summed E-state index contributed by atoms with van der Waals surface area (Å²) in [6, 6.07) is 0. The van der Waals surface area contributed by atoms with E-state index in [1.807, 2.05) is 26.0 Å². The van der Waals surface area contributed by atoms with Crippen LogP contribution in [0.1, 0.15) is 27.2 Å². The molecule has 0 aromatic carbocycles. The van der Waals surface area contributed by atoms with Crippen molar-refractivity contribution >= 4 is 11.9 Å². The maximum atomic E-state index is 12.2. The maximum Gasteiger partial charge on any atom is 0.334 e. The van der Waals surface area contributed by atoms with Crippen molar-refractivity contribution in [1.29, 1.82) is 0 Å². The Morgan fingerprint density at radius 2 is 2.04 bits per heavy atom. The molecule has 26 heavy (non-hydrogen) atoms. The highest BCUT2D eigenvalue weighted by Crippen LogP contribution is 2.44. The number of hydrogen-bond donors (Lipinski definition) is 0. The summed E-state index contributed by atoms with van der Waals surface area (Å²) in [5, 5.41) is 0. The molecule has 3 rings (SSSR count). The van der Waals surface area contributed by atoms with Gasteiger partial charge in [0, 0.05) is 24.7 Å². The van der Waals surface area contributed by atoms with Crippen molar-refractivity contribution in [1.82, 2.24) is 0 Å². The maximum absolute atomic E-state index is 12.2. The molecule has 3 aliphatic rings. The minimum Gasteiger partial charge on any atom is -0.458 e. The monoisotopic (exact) mass is 360 g/mol. The molecule has 3 aliphatic heterocycles. The quantitative estimate of drug-likeness (QED) is 0.438. The molecule has 0 aromatic rings. The Hall–Kier alpha value is -2.18. The lowest BCUT2D eigenvalue weighted by Gasteiger charge is -2.30. The predicted octanol–water partition coefficient (Wildman–Crippen LogP) is 2.61. The van der Waals surface area contributed by atoms with Gasteiger partial charge in [-0.3, -0.25) is 0 Å². The Kier molecular flexibility index (Phi) is 4.67. The zero-order valence-electron chi connectivity index (χ0n) is 15.5. The number of rotatable bonds is 3. The van der Waals surface area contributed by atoms with Crippen molar-refractivity contribution in [3.63, 3.8) is 0 Å². The summed E-state index contributed by atoms with van der Waals surface area (Å²) < 4.78 is 23.0. The molecule has 0 aromatic heterocycles. The van der Waals surface area contributed by atoms with Crippen LogP contribution in [0.5, 0.6) is 0 Å². The smallest absolute Gasteiger partial charge is 0.334 e. The zero-order chi connectivity index (χ0) is 19.2. The Balaban J connectivity index is 2.06. The normalized spacial score (nSPS) is 38.2. The molecule has 1 saturated heterocycles. The molecule has 6 nitrogen and oxygen atoms in total. The highest BCUT2D eigenvalue weighted by atomic mass is 16.7. The van der Waals surface area contributed by atoms with Gasteiger partial charge in [0.25, 0.3) is 0 Å². The second kappa shape index (κ2) is 6.52. The van der Waals surface area contributed by atoms with Gasteiger partial charge in [0.05, 0.1) is 5.92 Å². The van der Waals surface area contributed by atoms with Crippen molar-refractivity contribution in [3.05, 3.63) is 47.6 Å². The third kappa shape index (κ3) is 3.04. The van der Waals surface area contributed by atoms with Crippen LogP contribution in [-0.2, 0) is 28.5 Å². The van der Waals surface area contributed by atoms with Gasteiger partial charge < -0.3 is 18.9 Å². The van der Waals surface area contributed by atoms with E-state index in [0.717, 1.165) is 11.1 Å². The summed E-state index contributed by atoms with van der Waals surface area (Å²) in [6.45, 7) is 12.9. The van der Waals surface area contributed by atoms with Crippen LogP contribution in [0.15, 0.2) is 47.6 Å². The van der Waals surface area contributed by atoms with Gasteiger partial charge in [-0.25, -0.2) is 9.59 Å². The fourth-order valence-corrected chi connectivity index (χ4v) is 3.79. The van der Waals surface area contributed by atoms with Gasteiger partial charge in [-0.1, -0.05) is 18.7 Å². The summed E-state index contributed by atoms with van der Waals surface area (Å²) in [5.41, 5.74) is 2.38. The number of carbonyl (C=O) groups is 2. The zero-order valence-corrected chi connectivity index (χ0v) is 15.5. The van der Waals surface area contributed by atoms with Gasteiger partial charge in [0.2, 0.25) is 5.79 Å². The van der Waals surface area contributed by atoms with Crippen LogP contribution in [0.3, 0.4) is 0 Å². The molecule has 2 bridgehead atoms. The van der Waals surface area contributed by atoms with Crippen LogP contribution >= 0.6 is 0 Å². The number of esters is 2. The molecule has 5 atom stereocenters. The molecule has 0 amide bonds. The van der Waals surface area contributed by atoms with E-state index in [1.165, 1.54) is 0 Å². The highest BCUT2D eigenvalue weighted by molar-refractivity contribution is 5.91. The predicted molar refractivity (Wildman–Crippen MR) is 93.9 cm³/mol. The molecule has 140 valence electrons. The number of ether oxygens (including phenoxy) is 4. The van der Waals surface area contributed by atoms with E-state index in [0.29, 0.717) is 12.0 Å². The second-order valence-electron chi connectivity index (χ2n) is 7.19. The molecule has 6 heteroatoms. The molecule has 3 heterocycles. The topological polar surface area (TPSA) is 71.1 Å². The summed E-state index contributed by atoms with van der Waals surface area (Å²) in [5.74, 6) is -2.53. The summed E-state index contributed by atoms with van der Waals surface area (Å²) >= 11 is 0. The third-order valence-electron chi connectivity index (χ3n) is 5.05. The molecule has 1 fully saturated rings. The van der Waals surface area contributed by atoms with Crippen molar-refractivity contribution in [3.8, 4) is 0 Å². The van der Waals surface area contributed by atoms with Crippen molar-refractivity contribution in [2.45, 2.75) is 51.3 Å². The molecular weight excluding hydrogens is 336 g/mol. The minimum absolute atomic E-state index is 0.288. The van der Waals surface area contributed by atoms with Crippen LogP contribution < -0.4 is 0 Å². The van der Waals surface area contributed by atoms with E-state index in [1.54, 1.807) is 14.0 Å². The van der Waals surface area contributed by atoms with Crippen LogP contribution in [0, 0.1) is 5.92 Å². The van der Waals surface area contributed by atoms with Crippen LogP contribution in [0.2, 0.25) is 0 Å². The largest absolute Gasteiger partial charge is 0.458 e. The number of fused-ring (bicyclic) bond motifs is 4. The van der Waals surface area contributed by atoms with E-state index in [9.17, 15) is 9.59 Å². The average Bonchev–Trinajstić information content (AvgIpc) is 3.04. The molecule has 0 radical (unpaired) electrons. The van der Waals surface area contributed by atoms with Crippen molar-refractivity contribution in [2.75, 3.05) is 7.11 Å². The van der Waals surface area contributed by atoms with Crippen molar-refractivity contribution in [2.24, 2.45) is 5.92 Å². The van der Waals surface area contributed by atoms with Gasteiger partial charge in [0.15, 0.2) is 0 Å². The lowest BCUT2D eigenvalue weighted by molar-refractivity contribution is -0.189. The highest BCUT2D eigenvalue weighted by Gasteiger charge is 2.54. The fraction of sp³-hybridized carbons (Fsp3) is 0.500. The van der Waals surface area contributed by atoms with E-state index >= 15 is 0 Å². The van der Waals surface area contributed by atoms with Gasteiger partial charge in [-0.15, -0.1) is 0 Å². The molecular formula is C20H24O6. The Morgan fingerprint density at radius 3 is 2.65 bits per heavy atom. The summed E-state index contributed by atoms with van der Waals surface area (Å²) in [4.78, 5) is 24.4. The SMILES string of the molecule is C=C(C)C(=O)O[C@H]1C/C(C)=C\[C@]2(OC)C=C(C)[C@H](O2)[C@H]2OC(=O)C(=C)[C@@H]21. The Morgan fingerprint density at radius 1 is 1.35 bits per heavy atom. The number of methoxy groups -OCH3 is 1. The molecule has 0 unspecified atom stereocenters. The van der Waals surface area contributed by atoms with Crippen LogP contribution in [0.4, 0.5) is 0 Å². The first kappa shape index (κ1) is 18.6. The second-order valence-corrected chi connectivity index (χ2v) is 7.19. The van der Waals surface area contributed by atoms with E-state index in [2.05, 4.69) is 13.2 Å². The fourth-order valence-electron chi connectivity index (χ4n) is 3.79. The van der Waals surface area contributed by atoms with E-state index in [4.69, 9.17) is 18.9 Å². The summed E-state index contributed by atoms with van der Waals surface area (Å²) in [7, 11) is 1.56. The van der Waals surface area contributed by atoms with Gasteiger partial charge in [0.1, 0.15) is 18.3 Å². The minimum atomic E-state index is -1.02. The Bertz CT molecular complexity index is 745. The van der Waals surface area contributed by atoms with Gasteiger partial charge >= 0.3 is 11.9 Å². The average molecular weight is 360 g/mol. The molecule has 0 N–H and O–H groups in total. The first-order valence-corrected chi connectivity index (χ1v) is 8.54. The number of hydrogen-bond acceptors (Lipinski definition) is 6. The summed E-state index contributed by atoms with van der Waals surface area (Å²) in [6.07, 6.45) is 2.41. The first-order valence-electron chi connectivity index (χ1n) is 8.54. The van der Waals surface area contributed by atoms with Crippen LogP contribution in [0.25, 0.3) is 0 Å². The van der Waals surface area contributed by atoms with Crippen LogP contribution in [-0.4, -0.2) is 43.1 Å². The van der Waals surface area contributed by atoms with E-state index in [-0.39, 0.29) is 5.57 Å². The van der Waals surface area contributed by atoms with Gasteiger partial charge in [-0.2, -0.15) is 0 Å². The standard InChI is InChI=1S/C20H24O6/c1-10(2)18(21)24-14-7-11(3)8-20(23-6)9-12(4)16(26-20)17-15(14)13(5)19(22)25-17/h8-9,14-17H,1,5,7H2,2-4,6H3/b11-8-/t14-,15+,16-,17-,20+/m0/s1. The molecule has 0 saturated carbocycles. The first-order chi connectivity index (χ1) is 12.2.